The summed E-state index contributed by atoms with van der Waals surface area (Å²) >= 11 is 0. The Hall–Kier alpha value is -2.55. The zero-order valence-electron chi connectivity index (χ0n) is 9.87. The van der Waals surface area contributed by atoms with E-state index in [2.05, 4.69) is 9.71 Å². The number of para-hydroxylation sites is 1. The van der Waals surface area contributed by atoms with Crippen LogP contribution in [0.15, 0.2) is 41.8 Å². The fourth-order valence-corrected chi connectivity index (χ4v) is 1.15. The fraction of sp³-hybridized carbons (Fsp3) is 0.250. The Morgan fingerprint density at radius 3 is 2.61 bits per heavy atom. The number of carbonyl (C=O) groups is 1. The standard InChI is InChI=1S/C12H12N2O4/c1-2-17-12(16)11(14-13)10(15)8-18-9-6-4-3-5-7-9/h3-7H,2,8H2,1H3/p+1. The van der Waals surface area contributed by atoms with Crippen molar-refractivity contribution in [2.75, 3.05) is 13.2 Å². The van der Waals surface area contributed by atoms with Gasteiger partial charge >= 0.3 is 11.7 Å². The van der Waals surface area contributed by atoms with Crippen LogP contribution in [-0.2, 0) is 9.53 Å². The van der Waals surface area contributed by atoms with Crippen LogP contribution in [0.25, 0.3) is 4.98 Å². The van der Waals surface area contributed by atoms with Gasteiger partial charge in [0.25, 0.3) is 0 Å². The van der Waals surface area contributed by atoms with Crippen molar-refractivity contribution in [2.45, 2.75) is 6.92 Å². The number of esters is 1. The molecule has 0 radical (unpaired) electrons. The van der Waals surface area contributed by atoms with E-state index in [1.165, 1.54) is 0 Å². The summed E-state index contributed by atoms with van der Waals surface area (Å²) in [6.07, 6.45) is 0. The summed E-state index contributed by atoms with van der Waals surface area (Å²) in [4.78, 5) is 14.0. The largest absolute Gasteiger partial charge is 0.508 e. The molecule has 1 rings (SSSR count). The molecule has 0 spiro atoms. The molecule has 0 aliphatic carbocycles. The first-order valence-electron chi connectivity index (χ1n) is 5.31. The topological polar surface area (TPSA) is 83.9 Å². The fourth-order valence-electron chi connectivity index (χ4n) is 1.15. The minimum atomic E-state index is -0.908. The van der Waals surface area contributed by atoms with Gasteiger partial charge in [-0.05, 0) is 19.1 Å². The number of aliphatic hydroxyl groups is 1. The van der Waals surface area contributed by atoms with Crippen molar-refractivity contribution in [3.8, 4) is 5.75 Å². The van der Waals surface area contributed by atoms with Gasteiger partial charge in [-0.2, -0.15) is 0 Å². The molecule has 0 saturated heterocycles. The second kappa shape index (κ2) is 6.91. The van der Waals surface area contributed by atoms with Crippen LogP contribution in [0.2, 0.25) is 0 Å². The Kier molecular flexibility index (Phi) is 5.19. The first-order valence-corrected chi connectivity index (χ1v) is 5.31. The highest BCUT2D eigenvalue weighted by atomic mass is 16.5. The molecule has 0 saturated carbocycles. The van der Waals surface area contributed by atoms with Crippen LogP contribution in [0, 0.1) is 5.39 Å². The third-order valence-corrected chi connectivity index (χ3v) is 1.96. The van der Waals surface area contributed by atoms with Crippen LogP contribution in [0.4, 0.5) is 0 Å². The second-order valence-electron chi connectivity index (χ2n) is 3.22. The highest BCUT2D eigenvalue weighted by Gasteiger charge is 2.30. The number of diazo groups is 1. The number of ether oxygens (including phenoxy) is 2. The van der Waals surface area contributed by atoms with Gasteiger partial charge in [0.05, 0.1) is 6.61 Å². The van der Waals surface area contributed by atoms with Gasteiger partial charge < -0.3 is 14.6 Å². The second-order valence-corrected chi connectivity index (χ2v) is 3.22. The molecule has 0 amide bonds. The van der Waals surface area contributed by atoms with Crippen molar-refractivity contribution < 1.29 is 19.4 Å². The molecule has 0 aliphatic heterocycles. The Morgan fingerprint density at radius 2 is 2.06 bits per heavy atom. The maximum Gasteiger partial charge on any atom is 0.508 e. The van der Waals surface area contributed by atoms with Crippen molar-refractivity contribution in [1.29, 1.82) is 5.39 Å². The Balaban J connectivity index is 2.70. The van der Waals surface area contributed by atoms with Crippen LogP contribution in [0.5, 0.6) is 5.75 Å². The Bertz CT molecular complexity index is 477. The van der Waals surface area contributed by atoms with Crippen molar-refractivity contribution in [2.24, 2.45) is 0 Å². The molecule has 0 aromatic heterocycles. The van der Waals surface area contributed by atoms with E-state index < -0.39 is 17.4 Å². The third-order valence-electron chi connectivity index (χ3n) is 1.96. The normalized spacial score (nSPS) is 11.1. The molecule has 0 bridgehead atoms. The molecular weight excluding hydrogens is 236 g/mol. The molecule has 6 nitrogen and oxygen atoms in total. The van der Waals surface area contributed by atoms with Gasteiger partial charge in [0, 0.05) is 0 Å². The van der Waals surface area contributed by atoms with Crippen molar-refractivity contribution in [1.82, 2.24) is 0 Å². The van der Waals surface area contributed by atoms with E-state index in [9.17, 15) is 9.90 Å². The maximum atomic E-state index is 11.3. The number of carbonyl (C=O) groups excluding carboxylic acids is 1. The smallest absolute Gasteiger partial charge is 0.502 e. The summed E-state index contributed by atoms with van der Waals surface area (Å²) < 4.78 is 9.79. The van der Waals surface area contributed by atoms with Crippen molar-refractivity contribution >= 4 is 5.97 Å². The van der Waals surface area contributed by atoms with E-state index in [0.717, 1.165) is 0 Å². The Morgan fingerprint density at radius 1 is 1.39 bits per heavy atom. The molecule has 0 aliphatic rings. The summed E-state index contributed by atoms with van der Waals surface area (Å²) in [5.41, 5.74) is -0.562. The molecule has 0 atom stereocenters. The van der Waals surface area contributed by atoms with Gasteiger partial charge in [0.1, 0.15) is 5.75 Å². The predicted octanol–water partition coefficient (Wildman–Crippen LogP) is 2.25. The number of benzene rings is 1. The maximum absolute atomic E-state index is 11.3. The van der Waals surface area contributed by atoms with Crippen LogP contribution < -0.4 is 4.74 Å². The number of rotatable bonds is 5. The lowest BCUT2D eigenvalue weighted by Gasteiger charge is -2.03. The van der Waals surface area contributed by atoms with Gasteiger partial charge in [-0.15, -0.1) is 0 Å². The molecule has 1 aromatic rings. The average Bonchev–Trinajstić information content (AvgIpc) is 2.39. The summed E-state index contributed by atoms with van der Waals surface area (Å²) in [6.45, 7) is 1.43. The van der Waals surface area contributed by atoms with E-state index in [0.29, 0.717) is 5.75 Å². The minimum Gasteiger partial charge on any atom is -0.502 e. The predicted molar refractivity (Wildman–Crippen MR) is 63.3 cm³/mol. The minimum absolute atomic E-state index is 0.116. The number of nitrogens with zero attached hydrogens (tertiary/aromatic N) is 2. The summed E-state index contributed by atoms with van der Waals surface area (Å²) in [7, 11) is 0. The molecule has 0 unspecified atom stereocenters. The lowest BCUT2D eigenvalue weighted by molar-refractivity contribution is -0.138. The molecule has 6 heteroatoms. The van der Waals surface area contributed by atoms with E-state index in [-0.39, 0.29) is 13.2 Å². The molecule has 0 heterocycles. The third kappa shape index (κ3) is 3.79. The van der Waals surface area contributed by atoms with Crippen molar-refractivity contribution in [3.05, 3.63) is 46.8 Å². The lowest BCUT2D eigenvalue weighted by Crippen LogP contribution is -2.11. The molecular formula is C12H13N2O4+. The number of aliphatic hydroxyl groups excluding tert-OH is 1. The Labute approximate surface area is 104 Å². The van der Waals surface area contributed by atoms with Crippen LogP contribution in [0.3, 0.4) is 0 Å². The zero-order valence-corrected chi connectivity index (χ0v) is 9.87. The van der Waals surface area contributed by atoms with Gasteiger partial charge in [-0.1, -0.05) is 18.2 Å². The lowest BCUT2D eigenvalue weighted by atomic mass is 10.3. The van der Waals surface area contributed by atoms with Crippen LogP contribution in [0.1, 0.15) is 6.92 Å². The van der Waals surface area contributed by atoms with Crippen LogP contribution >= 0.6 is 0 Å². The monoisotopic (exact) mass is 249 g/mol. The van der Waals surface area contributed by atoms with E-state index in [1.54, 1.807) is 31.2 Å². The highest BCUT2D eigenvalue weighted by molar-refractivity contribution is 5.90. The summed E-state index contributed by atoms with van der Waals surface area (Å²) in [5.74, 6) is -0.890. The molecule has 0 fully saturated rings. The first kappa shape index (κ1) is 13.5. The highest BCUT2D eigenvalue weighted by Crippen LogP contribution is 2.12. The quantitative estimate of drug-likeness (QED) is 0.374. The summed E-state index contributed by atoms with van der Waals surface area (Å²) in [5, 5.41) is 18.2. The van der Waals surface area contributed by atoms with E-state index >= 15 is 0 Å². The number of hydrogen-bond acceptors (Lipinski definition) is 5. The molecule has 18 heavy (non-hydrogen) atoms. The van der Waals surface area contributed by atoms with E-state index in [1.807, 2.05) is 6.07 Å². The van der Waals surface area contributed by atoms with Gasteiger partial charge in [0.2, 0.25) is 11.2 Å². The number of hydrogen-bond donors (Lipinski definition) is 1. The SMILES string of the molecule is CCOC(=O)/C([N+]#N)=C(\O)COc1ccccc1. The average molecular weight is 249 g/mol. The molecule has 94 valence electrons. The zero-order chi connectivity index (χ0) is 13.4. The van der Waals surface area contributed by atoms with Gasteiger partial charge in [-0.25, -0.2) is 4.79 Å². The van der Waals surface area contributed by atoms with Gasteiger partial charge in [0.15, 0.2) is 11.6 Å². The van der Waals surface area contributed by atoms with Gasteiger partial charge in [-0.3, -0.25) is 0 Å². The molecule has 1 aromatic carbocycles. The summed E-state index contributed by atoms with van der Waals surface area (Å²) in [6, 6.07) is 8.72. The first-order chi connectivity index (χ1) is 8.69. The van der Waals surface area contributed by atoms with Crippen LogP contribution in [-0.4, -0.2) is 24.3 Å². The van der Waals surface area contributed by atoms with Crippen molar-refractivity contribution in [3.63, 3.8) is 0 Å². The van der Waals surface area contributed by atoms with E-state index in [4.69, 9.17) is 10.1 Å². The molecule has 1 N–H and O–H groups in total.